The summed E-state index contributed by atoms with van der Waals surface area (Å²) in [5.74, 6) is 1.06. The van der Waals surface area contributed by atoms with Crippen LogP contribution in [0, 0.1) is 0 Å². The summed E-state index contributed by atoms with van der Waals surface area (Å²) in [6.45, 7) is 16.9. The van der Waals surface area contributed by atoms with Crippen molar-refractivity contribution in [3.8, 4) is 11.1 Å². The SMILES string of the molecule is CC(C)OCc1nn(C)cc1-c1cnc2ccc(N(COCC[Si](C)(C)C)c3nnc(C(C)C)s3)nc2c1. The smallest absolute Gasteiger partial charge is 0.215 e. The molecule has 38 heavy (non-hydrogen) atoms. The summed E-state index contributed by atoms with van der Waals surface area (Å²) in [7, 11) is 0.720. The molecule has 4 aromatic rings. The van der Waals surface area contributed by atoms with Gasteiger partial charge in [0.1, 0.15) is 17.6 Å². The number of aromatic nitrogens is 6. The van der Waals surface area contributed by atoms with Gasteiger partial charge in [-0.2, -0.15) is 5.10 Å². The Morgan fingerprint density at radius 1 is 1.08 bits per heavy atom. The summed E-state index contributed by atoms with van der Waals surface area (Å²) >= 11 is 1.58. The van der Waals surface area contributed by atoms with Crippen LogP contribution in [0.25, 0.3) is 22.2 Å². The molecule has 4 aromatic heterocycles. The van der Waals surface area contributed by atoms with E-state index in [9.17, 15) is 0 Å². The van der Waals surface area contributed by atoms with Crippen LogP contribution in [0.1, 0.15) is 44.3 Å². The fourth-order valence-corrected chi connectivity index (χ4v) is 5.34. The van der Waals surface area contributed by atoms with E-state index in [4.69, 9.17) is 19.4 Å². The van der Waals surface area contributed by atoms with Crippen molar-refractivity contribution in [1.82, 2.24) is 29.9 Å². The molecular formula is C27H39N7O2SSi. The van der Waals surface area contributed by atoms with Crippen molar-refractivity contribution in [1.29, 1.82) is 0 Å². The fraction of sp³-hybridized carbons (Fsp3) is 0.519. The van der Waals surface area contributed by atoms with Crippen LogP contribution in [0.4, 0.5) is 10.9 Å². The monoisotopic (exact) mass is 553 g/mol. The molecule has 0 bridgehead atoms. The summed E-state index contributed by atoms with van der Waals surface area (Å²) in [4.78, 5) is 11.7. The molecule has 0 aromatic carbocycles. The summed E-state index contributed by atoms with van der Waals surface area (Å²) < 4.78 is 13.8. The second-order valence-corrected chi connectivity index (χ2v) is 17.9. The molecule has 0 fully saturated rings. The van der Waals surface area contributed by atoms with Crippen LogP contribution in [0.5, 0.6) is 0 Å². The molecule has 0 saturated carbocycles. The second-order valence-electron chi connectivity index (χ2n) is 11.3. The number of fused-ring (bicyclic) bond motifs is 1. The Labute approximate surface area is 230 Å². The number of ether oxygens (including phenoxy) is 2. The van der Waals surface area contributed by atoms with Gasteiger partial charge in [0.25, 0.3) is 0 Å². The first-order chi connectivity index (χ1) is 18.0. The predicted octanol–water partition coefficient (Wildman–Crippen LogP) is 6.38. The van der Waals surface area contributed by atoms with E-state index in [-0.39, 0.29) is 6.10 Å². The molecule has 4 heterocycles. The molecule has 4 rings (SSSR count). The normalized spacial score (nSPS) is 12.3. The van der Waals surface area contributed by atoms with Gasteiger partial charge in [-0.25, -0.2) is 4.98 Å². The van der Waals surface area contributed by atoms with E-state index in [0.717, 1.165) is 49.9 Å². The van der Waals surface area contributed by atoms with E-state index in [0.29, 0.717) is 25.9 Å². The summed E-state index contributed by atoms with van der Waals surface area (Å²) in [6.07, 6.45) is 3.99. The van der Waals surface area contributed by atoms with Crippen LogP contribution >= 0.6 is 11.3 Å². The molecule has 0 saturated heterocycles. The number of hydrogen-bond donors (Lipinski definition) is 0. The van der Waals surface area contributed by atoms with Crippen molar-refractivity contribution in [2.75, 3.05) is 18.2 Å². The average molecular weight is 554 g/mol. The lowest BCUT2D eigenvalue weighted by molar-refractivity contribution is 0.0636. The second kappa shape index (κ2) is 12.0. The highest BCUT2D eigenvalue weighted by atomic mass is 32.1. The molecule has 0 amide bonds. The molecule has 0 unspecified atom stereocenters. The molecule has 0 radical (unpaired) electrons. The number of rotatable bonds is 12. The maximum absolute atomic E-state index is 6.14. The molecule has 204 valence electrons. The first kappa shape index (κ1) is 28.3. The van der Waals surface area contributed by atoms with E-state index in [2.05, 4.69) is 54.9 Å². The highest BCUT2D eigenvalue weighted by Gasteiger charge is 2.20. The standard InChI is InChI=1S/C27H39N7O2SSi/c1-18(2)26-30-31-27(37-26)34(17-35-11-12-38(6,7)8)25-10-9-22-23(29-25)13-20(14-28-22)21-15-33(5)32-24(21)16-36-19(3)4/h9-10,13-15,18-19H,11-12,16-17H2,1-8H3. The van der Waals surface area contributed by atoms with Gasteiger partial charge >= 0.3 is 0 Å². The van der Waals surface area contributed by atoms with Crippen molar-refractivity contribution in [2.24, 2.45) is 7.05 Å². The Balaban J connectivity index is 1.66. The van der Waals surface area contributed by atoms with Crippen LogP contribution in [-0.4, -0.2) is 57.5 Å². The topological polar surface area (TPSA) is 91.1 Å². The third-order valence-electron chi connectivity index (χ3n) is 5.94. The van der Waals surface area contributed by atoms with Gasteiger partial charge in [-0.1, -0.05) is 44.8 Å². The maximum atomic E-state index is 6.14. The van der Waals surface area contributed by atoms with Gasteiger partial charge < -0.3 is 9.47 Å². The van der Waals surface area contributed by atoms with Crippen molar-refractivity contribution in [3.63, 3.8) is 0 Å². The molecule has 0 atom stereocenters. The van der Waals surface area contributed by atoms with Gasteiger partial charge in [-0.3, -0.25) is 14.6 Å². The van der Waals surface area contributed by atoms with Crippen molar-refractivity contribution in [2.45, 2.75) is 72.0 Å². The number of hydrogen-bond acceptors (Lipinski definition) is 9. The number of pyridine rings is 2. The lowest BCUT2D eigenvalue weighted by atomic mass is 10.1. The zero-order chi connectivity index (χ0) is 27.4. The highest BCUT2D eigenvalue weighted by molar-refractivity contribution is 7.15. The Morgan fingerprint density at radius 3 is 2.55 bits per heavy atom. The van der Waals surface area contributed by atoms with E-state index in [1.54, 1.807) is 11.3 Å². The Bertz CT molecular complexity index is 1360. The van der Waals surface area contributed by atoms with Crippen LogP contribution in [0.3, 0.4) is 0 Å². The third-order valence-corrected chi connectivity index (χ3v) is 8.89. The molecular weight excluding hydrogens is 514 g/mol. The highest BCUT2D eigenvalue weighted by Crippen LogP contribution is 2.32. The number of nitrogens with zero attached hydrogens (tertiary/aromatic N) is 7. The lowest BCUT2D eigenvalue weighted by Gasteiger charge is -2.22. The van der Waals surface area contributed by atoms with Crippen molar-refractivity contribution < 1.29 is 9.47 Å². The Kier molecular flexibility index (Phi) is 8.91. The largest absolute Gasteiger partial charge is 0.372 e. The fourth-order valence-electron chi connectivity index (χ4n) is 3.74. The number of anilines is 2. The van der Waals surface area contributed by atoms with Crippen molar-refractivity contribution >= 4 is 41.4 Å². The van der Waals surface area contributed by atoms with E-state index >= 15 is 0 Å². The van der Waals surface area contributed by atoms with Gasteiger partial charge in [-0.15, -0.1) is 10.2 Å². The van der Waals surface area contributed by atoms with E-state index < -0.39 is 8.07 Å². The molecule has 0 aliphatic rings. The van der Waals surface area contributed by atoms with Crippen LogP contribution in [0.2, 0.25) is 25.7 Å². The quantitative estimate of drug-likeness (QED) is 0.113. The zero-order valence-electron chi connectivity index (χ0n) is 23.7. The molecule has 0 aliphatic heterocycles. The lowest BCUT2D eigenvalue weighted by Crippen LogP contribution is -2.26. The van der Waals surface area contributed by atoms with Gasteiger partial charge in [0.05, 0.1) is 29.4 Å². The average Bonchev–Trinajstić information content (AvgIpc) is 3.48. The summed E-state index contributed by atoms with van der Waals surface area (Å²) in [5.41, 5.74) is 4.44. The third kappa shape index (κ3) is 7.22. The van der Waals surface area contributed by atoms with E-state index in [1.165, 1.54) is 0 Å². The Morgan fingerprint density at radius 2 is 1.87 bits per heavy atom. The molecule has 9 nitrogen and oxygen atoms in total. The van der Waals surface area contributed by atoms with Gasteiger partial charge in [-0.05, 0) is 38.1 Å². The first-order valence-electron chi connectivity index (χ1n) is 13.1. The van der Waals surface area contributed by atoms with Crippen LogP contribution in [0.15, 0.2) is 30.6 Å². The first-order valence-corrected chi connectivity index (χ1v) is 17.6. The van der Waals surface area contributed by atoms with Gasteiger partial charge in [0, 0.05) is 51.2 Å². The molecule has 11 heteroatoms. The summed E-state index contributed by atoms with van der Waals surface area (Å²) in [6, 6.07) is 7.12. The molecule has 0 N–H and O–H groups in total. The summed E-state index contributed by atoms with van der Waals surface area (Å²) in [5, 5.41) is 15.3. The Hall–Kier alpha value is -2.73. The van der Waals surface area contributed by atoms with Crippen LogP contribution < -0.4 is 4.90 Å². The minimum absolute atomic E-state index is 0.124. The maximum Gasteiger partial charge on any atom is 0.215 e. The minimum atomic E-state index is -1.20. The predicted molar refractivity (Wildman–Crippen MR) is 157 cm³/mol. The van der Waals surface area contributed by atoms with Gasteiger partial charge in [0.2, 0.25) is 5.13 Å². The van der Waals surface area contributed by atoms with Crippen molar-refractivity contribution in [3.05, 3.63) is 41.3 Å². The minimum Gasteiger partial charge on any atom is -0.372 e. The molecule has 0 spiro atoms. The molecule has 0 aliphatic carbocycles. The number of aryl methyl sites for hydroxylation is 1. The van der Waals surface area contributed by atoms with Gasteiger partial charge in [0.15, 0.2) is 0 Å². The zero-order valence-corrected chi connectivity index (χ0v) is 25.5. The van der Waals surface area contributed by atoms with E-state index in [1.807, 2.05) is 55.0 Å². The van der Waals surface area contributed by atoms with Crippen LogP contribution in [-0.2, 0) is 23.1 Å².